The second-order valence-corrected chi connectivity index (χ2v) is 9.07. The molecule has 0 aromatic rings. The standard InChI is InChI=1S/C18H36N2O5Si/c1-4-23-26(24-5-2,25-6-3)16-10-13-19-14-12-18(22)20-15-9-7-8-11-17(20)21/h19H,4-16H2,1-3H3. The third-order valence-electron chi connectivity index (χ3n) is 4.32. The lowest BCUT2D eigenvalue weighted by Gasteiger charge is -2.28. The maximum absolute atomic E-state index is 12.2. The number of carbonyl (C=O) groups is 2. The molecule has 1 aliphatic heterocycles. The normalized spacial score (nSPS) is 16.0. The maximum Gasteiger partial charge on any atom is 0.500 e. The molecule has 0 bridgehead atoms. The van der Waals surface area contributed by atoms with Crippen molar-refractivity contribution in [1.29, 1.82) is 0 Å². The third kappa shape index (κ3) is 8.26. The van der Waals surface area contributed by atoms with Crippen LogP contribution < -0.4 is 5.32 Å². The van der Waals surface area contributed by atoms with E-state index in [0.717, 1.165) is 38.3 Å². The van der Waals surface area contributed by atoms with Gasteiger partial charge in [-0.15, -0.1) is 0 Å². The zero-order valence-corrected chi connectivity index (χ0v) is 17.7. The SMILES string of the molecule is CCO[Si](CCCNCCC(=O)N1CCCCCC1=O)(OCC)OCC. The van der Waals surface area contributed by atoms with Gasteiger partial charge in [0.05, 0.1) is 0 Å². The Labute approximate surface area is 159 Å². The molecular formula is C18H36N2O5Si. The van der Waals surface area contributed by atoms with Gasteiger partial charge in [0.2, 0.25) is 11.8 Å². The molecule has 1 saturated heterocycles. The second kappa shape index (κ2) is 13.4. The second-order valence-electron chi connectivity index (χ2n) is 6.34. The van der Waals surface area contributed by atoms with E-state index < -0.39 is 8.80 Å². The van der Waals surface area contributed by atoms with Crippen LogP contribution in [0.15, 0.2) is 0 Å². The van der Waals surface area contributed by atoms with E-state index in [4.69, 9.17) is 13.3 Å². The average Bonchev–Trinajstić information content (AvgIpc) is 2.83. The van der Waals surface area contributed by atoms with Crippen LogP contribution >= 0.6 is 0 Å². The summed E-state index contributed by atoms with van der Waals surface area (Å²) in [6, 6.07) is 0.758. The summed E-state index contributed by atoms with van der Waals surface area (Å²) in [5.74, 6) is -0.0838. The first kappa shape index (κ1) is 23.2. The van der Waals surface area contributed by atoms with Crippen LogP contribution in [0.25, 0.3) is 0 Å². The predicted molar refractivity (Wildman–Crippen MR) is 103 cm³/mol. The number of hydrogen-bond acceptors (Lipinski definition) is 6. The molecule has 0 spiro atoms. The Morgan fingerprint density at radius 3 is 2.31 bits per heavy atom. The number of nitrogens with one attached hydrogen (secondary N) is 1. The van der Waals surface area contributed by atoms with Crippen LogP contribution in [0.2, 0.25) is 6.04 Å². The lowest BCUT2D eigenvalue weighted by atomic mass is 10.2. The van der Waals surface area contributed by atoms with Crippen molar-refractivity contribution in [3.8, 4) is 0 Å². The first-order valence-electron chi connectivity index (χ1n) is 10.0. The summed E-state index contributed by atoms with van der Waals surface area (Å²) in [6.07, 6.45) is 4.56. The zero-order valence-electron chi connectivity index (χ0n) is 16.7. The fraction of sp³-hybridized carbons (Fsp3) is 0.889. The fourth-order valence-corrected chi connectivity index (χ4v) is 5.75. The van der Waals surface area contributed by atoms with Gasteiger partial charge in [0, 0.05) is 51.8 Å². The Morgan fingerprint density at radius 2 is 1.69 bits per heavy atom. The number of likely N-dealkylation sites (tertiary alicyclic amines) is 1. The van der Waals surface area contributed by atoms with E-state index in [2.05, 4.69) is 5.32 Å². The van der Waals surface area contributed by atoms with Gasteiger partial charge in [-0.1, -0.05) is 6.42 Å². The minimum absolute atomic E-state index is 0.0200. The lowest BCUT2D eigenvalue weighted by molar-refractivity contribution is -0.144. The van der Waals surface area contributed by atoms with E-state index in [1.54, 1.807) is 0 Å². The van der Waals surface area contributed by atoms with Crippen molar-refractivity contribution in [2.75, 3.05) is 39.5 Å². The minimum atomic E-state index is -2.58. The van der Waals surface area contributed by atoms with E-state index in [1.807, 2.05) is 20.8 Å². The van der Waals surface area contributed by atoms with E-state index in [1.165, 1.54) is 4.90 Å². The van der Waals surface area contributed by atoms with Gasteiger partial charge in [-0.05, 0) is 46.6 Å². The van der Waals surface area contributed by atoms with Crippen LogP contribution in [0, 0.1) is 0 Å². The van der Waals surface area contributed by atoms with Crippen molar-refractivity contribution in [2.24, 2.45) is 0 Å². The summed E-state index contributed by atoms with van der Waals surface area (Å²) in [5.41, 5.74) is 0. The summed E-state index contributed by atoms with van der Waals surface area (Å²) in [4.78, 5) is 25.6. The van der Waals surface area contributed by atoms with Crippen molar-refractivity contribution in [1.82, 2.24) is 10.2 Å². The van der Waals surface area contributed by atoms with Crippen LogP contribution in [-0.2, 0) is 22.9 Å². The lowest BCUT2D eigenvalue weighted by Crippen LogP contribution is -2.46. The van der Waals surface area contributed by atoms with E-state index >= 15 is 0 Å². The predicted octanol–water partition coefficient (Wildman–Crippen LogP) is 2.33. The third-order valence-corrected chi connectivity index (χ3v) is 7.47. The molecule has 0 atom stereocenters. The van der Waals surface area contributed by atoms with Crippen LogP contribution in [0.3, 0.4) is 0 Å². The first-order valence-corrected chi connectivity index (χ1v) is 12.0. The average molecular weight is 389 g/mol. The quantitative estimate of drug-likeness (QED) is 0.385. The first-order chi connectivity index (χ1) is 12.6. The van der Waals surface area contributed by atoms with Gasteiger partial charge >= 0.3 is 8.80 Å². The van der Waals surface area contributed by atoms with Crippen molar-refractivity contribution in [2.45, 2.75) is 65.3 Å². The highest BCUT2D eigenvalue weighted by Gasteiger charge is 2.39. The Balaban J connectivity index is 2.27. The fourth-order valence-electron chi connectivity index (χ4n) is 3.13. The number of imide groups is 1. The molecule has 1 heterocycles. The zero-order chi connectivity index (χ0) is 19.3. The summed E-state index contributed by atoms with van der Waals surface area (Å²) in [7, 11) is -2.58. The molecule has 1 rings (SSSR count). The highest BCUT2D eigenvalue weighted by atomic mass is 28.4. The topological polar surface area (TPSA) is 77.1 Å². The van der Waals surface area contributed by atoms with E-state index in [-0.39, 0.29) is 11.8 Å². The molecule has 0 radical (unpaired) electrons. The van der Waals surface area contributed by atoms with Gasteiger partial charge < -0.3 is 18.6 Å². The molecular weight excluding hydrogens is 352 g/mol. The van der Waals surface area contributed by atoms with E-state index in [0.29, 0.717) is 45.8 Å². The Morgan fingerprint density at radius 1 is 1.04 bits per heavy atom. The highest BCUT2D eigenvalue weighted by molar-refractivity contribution is 6.60. The van der Waals surface area contributed by atoms with Crippen molar-refractivity contribution < 1.29 is 22.9 Å². The molecule has 0 unspecified atom stereocenters. The molecule has 2 amide bonds. The molecule has 26 heavy (non-hydrogen) atoms. The summed E-state index contributed by atoms with van der Waals surface area (Å²) in [6.45, 7) is 9.52. The number of carbonyl (C=O) groups excluding carboxylic acids is 2. The largest absolute Gasteiger partial charge is 0.500 e. The molecule has 0 aliphatic carbocycles. The molecule has 1 aliphatic rings. The molecule has 0 aromatic carbocycles. The van der Waals surface area contributed by atoms with Gasteiger partial charge in [-0.3, -0.25) is 14.5 Å². The van der Waals surface area contributed by atoms with Crippen molar-refractivity contribution in [3.63, 3.8) is 0 Å². The van der Waals surface area contributed by atoms with E-state index in [9.17, 15) is 9.59 Å². The van der Waals surface area contributed by atoms with Crippen LogP contribution in [-0.4, -0.2) is 65.0 Å². The van der Waals surface area contributed by atoms with Gasteiger partial charge in [-0.25, -0.2) is 0 Å². The number of amides is 2. The van der Waals surface area contributed by atoms with Crippen molar-refractivity contribution in [3.05, 3.63) is 0 Å². The van der Waals surface area contributed by atoms with Gasteiger partial charge in [0.25, 0.3) is 0 Å². The minimum Gasteiger partial charge on any atom is -0.374 e. The molecule has 7 nitrogen and oxygen atoms in total. The molecule has 152 valence electrons. The Bertz CT molecular complexity index is 405. The Hall–Kier alpha value is -0.803. The molecule has 1 fully saturated rings. The summed E-state index contributed by atoms with van der Waals surface area (Å²) in [5, 5.41) is 3.28. The summed E-state index contributed by atoms with van der Waals surface area (Å²) < 4.78 is 17.5. The van der Waals surface area contributed by atoms with Gasteiger partial charge in [-0.2, -0.15) is 0 Å². The molecule has 1 N–H and O–H groups in total. The monoisotopic (exact) mass is 388 g/mol. The molecule has 0 aromatic heterocycles. The Kier molecular flexibility index (Phi) is 12.0. The van der Waals surface area contributed by atoms with Crippen LogP contribution in [0.5, 0.6) is 0 Å². The maximum atomic E-state index is 12.2. The number of hydrogen-bond donors (Lipinski definition) is 1. The van der Waals surface area contributed by atoms with Crippen molar-refractivity contribution >= 4 is 20.6 Å². The molecule has 0 saturated carbocycles. The summed E-state index contributed by atoms with van der Waals surface area (Å²) >= 11 is 0. The van der Waals surface area contributed by atoms with Crippen LogP contribution in [0.1, 0.15) is 59.3 Å². The van der Waals surface area contributed by atoms with Crippen LogP contribution in [0.4, 0.5) is 0 Å². The van der Waals surface area contributed by atoms with Gasteiger partial charge in [0.15, 0.2) is 0 Å². The number of rotatable bonds is 13. The van der Waals surface area contributed by atoms with Gasteiger partial charge in [0.1, 0.15) is 0 Å². The molecule has 8 heteroatoms. The number of nitrogens with zero attached hydrogens (tertiary/aromatic N) is 1. The smallest absolute Gasteiger partial charge is 0.374 e. The highest BCUT2D eigenvalue weighted by Crippen LogP contribution is 2.18.